The van der Waals surface area contributed by atoms with Gasteiger partial charge in [0.1, 0.15) is 0 Å². The van der Waals surface area contributed by atoms with Crippen molar-refractivity contribution in [2.24, 2.45) is 0 Å². The number of rotatable bonds is 2. The fraction of sp³-hybridized carbons (Fsp3) is 0.571. The molecule has 0 aliphatic carbocycles. The van der Waals surface area contributed by atoms with Crippen LogP contribution in [0, 0.1) is 6.92 Å². The van der Waals surface area contributed by atoms with Crippen molar-refractivity contribution in [2.45, 2.75) is 54.8 Å². The molecule has 2 aliphatic rings. The average molecular weight is 233 g/mol. The van der Waals surface area contributed by atoms with Crippen molar-refractivity contribution in [2.75, 3.05) is 0 Å². The summed E-state index contributed by atoms with van der Waals surface area (Å²) in [6, 6.07) is 10.5. The molecule has 1 nitrogen and oxygen atoms in total. The molecule has 0 aromatic heterocycles. The second kappa shape index (κ2) is 4.42. The maximum Gasteiger partial charge on any atom is 0.0124 e. The molecule has 2 fully saturated rings. The van der Waals surface area contributed by atoms with Gasteiger partial charge < -0.3 is 5.32 Å². The minimum absolute atomic E-state index is 0.807. The van der Waals surface area contributed by atoms with Gasteiger partial charge >= 0.3 is 0 Å². The molecular formula is C14H19NS. The van der Waals surface area contributed by atoms with E-state index in [0.29, 0.717) is 0 Å². The van der Waals surface area contributed by atoms with E-state index in [-0.39, 0.29) is 0 Å². The predicted molar refractivity (Wildman–Crippen MR) is 70.0 cm³/mol. The maximum atomic E-state index is 3.70. The molecule has 2 unspecified atom stereocenters. The first-order valence-electron chi connectivity index (χ1n) is 6.29. The van der Waals surface area contributed by atoms with Gasteiger partial charge in [0.2, 0.25) is 0 Å². The summed E-state index contributed by atoms with van der Waals surface area (Å²) >= 11 is 2.09. The van der Waals surface area contributed by atoms with Crippen LogP contribution in [0.25, 0.3) is 0 Å². The van der Waals surface area contributed by atoms with Crippen molar-refractivity contribution in [3.63, 3.8) is 0 Å². The normalized spacial score (nSPS) is 32.9. The Morgan fingerprint density at radius 1 is 1.19 bits per heavy atom. The molecule has 16 heavy (non-hydrogen) atoms. The Bertz CT molecular complexity index is 365. The number of piperidine rings is 1. The van der Waals surface area contributed by atoms with Crippen LogP contribution < -0.4 is 5.32 Å². The molecule has 2 atom stereocenters. The first-order chi connectivity index (χ1) is 7.79. The molecule has 2 heterocycles. The number of hydrogen-bond donors (Lipinski definition) is 1. The molecule has 0 spiro atoms. The third-order valence-electron chi connectivity index (χ3n) is 3.72. The smallest absolute Gasteiger partial charge is 0.0124 e. The maximum absolute atomic E-state index is 3.70. The van der Waals surface area contributed by atoms with Crippen LogP contribution in [0.3, 0.4) is 0 Å². The van der Waals surface area contributed by atoms with Crippen LogP contribution in [0.2, 0.25) is 0 Å². The van der Waals surface area contributed by atoms with Gasteiger partial charge in [0.05, 0.1) is 0 Å². The topological polar surface area (TPSA) is 12.0 Å². The zero-order chi connectivity index (χ0) is 11.0. The first-order valence-corrected chi connectivity index (χ1v) is 7.17. The summed E-state index contributed by atoms with van der Waals surface area (Å²) in [6.07, 6.45) is 5.51. The molecule has 2 saturated heterocycles. The summed E-state index contributed by atoms with van der Waals surface area (Å²) in [6.45, 7) is 2.18. The van der Waals surface area contributed by atoms with Gasteiger partial charge in [-0.1, -0.05) is 17.7 Å². The Labute approximate surface area is 102 Å². The Balaban J connectivity index is 1.67. The molecule has 3 rings (SSSR count). The molecule has 2 bridgehead atoms. The van der Waals surface area contributed by atoms with Gasteiger partial charge in [-0.3, -0.25) is 0 Å². The fourth-order valence-corrected chi connectivity index (χ4v) is 4.44. The molecule has 2 heteroatoms. The molecule has 1 N–H and O–H groups in total. The summed E-state index contributed by atoms with van der Waals surface area (Å²) < 4.78 is 0. The highest BCUT2D eigenvalue weighted by molar-refractivity contribution is 8.00. The van der Waals surface area contributed by atoms with E-state index in [1.807, 2.05) is 0 Å². The summed E-state index contributed by atoms with van der Waals surface area (Å²) in [4.78, 5) is 1.45. The van der Waals surface area contributed by atoms with E-state index < -0.39 is 0 Å². The zero-order valence-corrected chi connectivity index (χ0v) is 10.6. The highest BCUT2D eigenvalue weighted by Crippen LogP contribution is 2.37. The lowest BCUT2D eigenvalue weighted by molar-refractivity contribution is 0.415. The van der Waals surface area contributed by atoms with E-state index in [1.54, 1.807) is 0 Å². The Morgan fingerprint density at radius 3 is 2.62 bits per heavy atom. The second-order valence-corrected chi connectivity index (χ2v) is 6.54. The lowest BCUT2D eigenvalue weighted by Crippen LogP contribution is -2.39. The molecule has 0 saturated carbocycles. The monoisotopic (exact) mass is 233 g/mol. The van der Waals surface area contributed by atoms with Crippen LogP contribution in [0.5, 0.6) is 0 Å². The minimum Gasteiger partial charge on any atom is -0.311 e. The van der Waals surface area contributed by atoms with Crippen LogP contribution in [-0.4, -0.2) is 17.3 Å². The number of hydrogen-bond acceptors (Lipinski definition) is 2. The molecule has 1 aromatic carbocycles. The Hall–Kier alpha value is -0.470. The summed E-state index contributed by atoms with van der Waals surface area (Å²) in [7, 11) is 0. The number of fused-ring (bicyclic) bond motifs is 2. The zero-order valence-electron chi connectivity index (χ0n) is 9.78. The van der Waals surface area contributed by atoms with E-state index in [2.05, 4.69) is 48.3 Å². The third kappa shape index (κ3) is 2.28. The van der Waals surface area contributed by atoms with E-state index in [1.165, 1.54) is 36.1 Å². The van der Waals surface area contributed by atoms with Gasteiger partial charge in [0, 0.05) is 22.2 Å². The summed E-state index contributed by atoms with van der Waals surface area (Å²) in [5.41, 5.74) is 1.38. The van der Waals surface area contributed by atoms with Crippen molar-refractivity contribution >= 4 is 11.8 Å². The van der Waals surface area contributed by atoms with Crippen molar-refractivity contribution in [1.29, 1.82) is 0 Å². The molecule has 1 aromatic rings. The van der Waals surface area contributed by atoms with E-state index in [0.717, 1.165) is 17.3 Å². The number of nitrogens with one attached hydrogen (secondary N) is 1. The molecule has 0 radical (unpaired) electrons. The highest BCUT2D eigenvalue weighted by atomic mass is 32.2. The number of thioether (sulfide) groups is 1. The van der Waals surface area contributed by atoms with Crippen molar-refractivity contribution in [3.05, 3.63) is 29.8 Å². The van der Waals surface area contributed by atoms with Crippen molar-refractivity contribution < 1.29 is 0 Å². The van der Waals surface area contributed by atoms with Gasteiger partial charge in [-0.2, -0.15) is 0 Å². The van der Waals surface area contributed by atoms with Gasteiger partial charge in [0.25, 0.3) is 0 Å². The largest absolute Gasteiger partial charge is 0.311 e. The minimum atomic E-state index is 0.807. The molecule has 86 valence electrons. The molecule has 0 amide bonds. The predicted octanol–water partition coefficient (Wildman–Crippen LogP) is 3.37. The van der Waals surface area contributed by atoms with Crippen LogP contribution in [-0.2, 0) is 0 Å². The van der Waals surface area contributed by atoms with E-state index >= 15 is 0 Å². The second-order valence-electron chi connectivity index (χ2n) is 5.17. The Morgan fingerprint density at radius 2 is 1.94 bits per heavy atom. The van der Waals surface area contributed by atoms with Crippen LogP contribution >= 0.6 is 11.8 Å². The molecule has 2 aliphatic heterocycles. The third-order valence-corrected chi connectivity index (χ3v) is 4.97. The fourth-order valence-electron chi connectivity index (χ4n) is 2.98. The standard InChI is InChI=1S/C14H19NS/c1-10-3-2-4-13(7-10)16-14-8-11-5-6-12(9-14)15-11/h2-4,7,11-12,14-15H,5-6,8-9H2,1H3. The van der Waals surface area contributed by atoms with E-state index in [4.69, 9.17) is 0 Å². The van der Waals surface area contributed by atoms with E-state index in [9.17, 15) is 0 Å². The highest BCUT2D eigenvalue weighted by Gasteiger charge is 2.33. The lowest BCUT2D eigenvalue weighted by atomic mass is 10.1. The van der Waals surface area contributed by atoms with Crippen molar-refractivity contribution in [3.8, 4) is 0 Å². The summed E-state index contributed by atoms with van der Waals surface area (Å²) in [5, 5.41) is 4.54. The lowest BCUT2D eigenvalue weighted by Gasteiger charge is -2.28. The van der Waals surface area contributed by atoms with Crippen LogP contribution in [0.1, 0.15) is 31.2 Å². The average Bonchev–Trinajstić information content (AvgIpc) is 2.58. The van der Waals surface area contributed by atoms with Crippen LogP contribution in [0.15, 0.2) is 29.2 Å². The summed E-state index contributed by atoms with van der Waals surface area (Å²) in [5.74, 6) is 0. The quantitative estimate of drug-likeness (QED) is 0.840. The van der Waals surface area contributed by atoms with Crippen LogP contribution in [0.4, 0.5) is 0 Å². The van der Waals surface area contributed by atoms with Gasteiger partial charge in [-0.15, -0.1) is 11.8 Å². The number of aryl methyl sites for hydroxylation is 1. The van der Waals surface area contributed by atoms with Gasteiger partial charge in [-0.05, 0) is 44.7 Å². The van der Waals surface area contributed by atoms with Gasteiger partial charge in [-0.25, -0.2) is 0 Å². The molecular weight excluding hydrogens is 214 g/mol. The number of benzene rings is 1. The Kier molecular flexibility index (Phi) is 2.95. The first kappa shape index (κ1) is 10.7. The van der Waals surface area contributed by atoms with Gasteiger partial charge in [0.15, 0.2) is 0 Å². The van der Waals surface area contributed by atoms with Crippen molar-refractivity contribution in [1.82, 2.24) is 5.32 Å². The SMILES string of the molecule is Cc1cccc(SC2CC3CCC(C2)N3)c1.